The maximum Gasteiger partial charge on any atom is 0.520 e. The fourth-order valence-corrected chi connectivity index (χ4v) is 2.90. The molecule has 0 aliphatic carbocycles. The number of rotatable bonds is 5. The molecule has 206 valence electrons. The van der Waals surface area contributed by atoms with Crippen LogP contribution in [0.3, 0.4) is 0 Å². The molecule has 0 N–H and O–H groups in total. The van der Waals surface area contributed by atoms with E-state index in [2.05, 4.69) is 9.97 Å². The van der Waals surface area contributed by atoms with Gasteiger partial charge in [-0.25, -0.2) is 28.3 Å². The van der Waals surface area contributed by atoms with Gasteiger partial charge in [-0.3, -0.25) is 0 Å². The number of hydrogen-bond donors (Lipinski definition) is 0. The zero-order valence-electron chi connectivity index (χ0n) is 21.6. The summed E-state index contributed by atoms with van der Waals surface area (Å²) in [5.74, 6) is -1.49. The van der Waals surface area contributed by atoms with Crippen molar-refractivity contribution < 1.29 is 37.3 Å². The fourth-order valence-electron chi connectivity index (χ4n) is 2.90. The Labute approximate surface area is 232 Å². The van der Waals surface area contributed by atoms with Crippen LogP contribution in [0.15, 0.2) is 73.1 Å². The molecule has 2 aromatic heterocycles. The topological polar surface area (TPSA) is 144 Å². The number of nitriles is 2. The molecule has 0 saturated carbocycles. The van der Waals surface area contributed by atoms with Gasteiger partial charge in [-0.2, -0.15) is 10.5 Å². The van der Waals surface area contributed by atoms with E-state index in [0.717, 1.165) is 29.7 Å². The highest BCUT2D eigenvalue weighted by molar-refractivity contribution is 5.67. The van der Waals surface area contributed by atoms with Crippen molar-refractivity contribution in [1.29, 1.82) is 10.5 Å². The lowest BCUT2D eigenvalue weighted by molar-refractivity contribution is 0.148. The van der Waals surface area contributed by atoms with Gasteiger partial charge >= 0.3 is 12.3 Å². The van der Waals surface area contributed by atoms with Gasteiger partial charge in [0.2, 0.25) is 11.8 Å². The number of hydrogen-bond acceptors (Lipinski definition) is 10. The molecule has 0 aliphatic heterocycles. The maximum absolute atomic E-state index is 13.3. The number of aromatic nitrogens is 2. The second-order valence-electron chi connectivity index (χ2n) is 7.95. The smallest absolute Gasteiger partial charge is 0.395 e. The largest absolute Gasteiger partial charge is 0.520 e. The second kappa shape index (κ2) is 14.3. The summed E-state index contributed by atoms with van der Waals surface area (Å²) in [5, 5.41) is 17.2. The number of carbonyl (C=O) groups excluding carboxylic acids is 2. The van der Waals surface area contributed by atoms with Crippen molar-refractivity contribution in [3.05, 3.63) is 107 Å². The minimum atomic E-state index is -1.04. The zero-order valence-corrected chi connectivity index (χ0v) is 21.6. The summed E-state index contributed by atoms with van der Waals surface area (Å²) in [6.45, 7) is 3.82. The molecule has 2 heterocycles. The summed E-state index contributed by atoms with van der Waals surface area (Å²) in [4.78, 5) is 30.8. The van der Waals surface area contributed by atoms with E-state index in [0.29, 0.717) is 0 Å². The molecule has 0 atom stereocenters. The van der Waals surface area contributed by atoms with Crippen LogP contribution in [0.5, 0.6) is 23.3 Å². The lowest BCUT2D eigenvalue weighted by Crippen LogP contribution is -2.14. The van der Waals surface area contributed by atoms with Crippen molar-refractivity contribution in [2.24, 2.45) is 0 Å². The average molecular weight is 558 g/mol. The van der Waals surface area contributed by atoms with Gasteiger partial charge < -0.3 is 18.9 Å². The minimum absolute atomic E-state index is 0.0540. The molecule has 0 aliphatic rings. The predicted molar refractivity (Wildman–Crippen MR) is 138 cm³/mol. The Kier molecular flexibility index (Phi) is 10.4. The molecule has 4 aromatic rings. The van der Waals surface area contributed by atoms with Gasteiger partial charge in [-0.05, 0) is 48.7 Å². The van der Waals surface area contributed by atoms with E-state index < -0.39 is 23.9 Å². The molecular formula is C29H20F2N4O6. The van der Waals surface area contributed by atoms with Gasteiger partial charge in [-0.15, -0.1) is 0 Å². The summed E-state index contributed by atoms with van der Waals surface area (Å²) in [7, 11) is 0. The summed E-state index contributed by atoms with van der Waals surface area (Å²) in [5.41, 5.74) is 1.66. The Bertz CT molecular complexity index is 1610. The minimum Gasteiger partial charge on any atom is -0.395 e. The molecular weight excluding hydrogens is 538 g/mol. The molecule has 0 unspecified atom stereocenters. The quantitative estimate of drug-likeness (QED) is 0.205. The highest BCUT2D eigenvalue weighted by atomic mass is 19.1. The van der Waals surface area contributed by atoms with Gasteiger partial charge in [0.15, 0.2) is 0 Å². The van der Waals surface area contributed by atoms with Crippen LogP contribution >= 0.6 is 0 Å². The molecule has 0 bridgehead atoms. The van der Waals surface area contributed by atoms with Crippen LogP contribution in [-0.2, 0) is 6.42 Å². The Hall–Kier alpha value is -5.88. The van der Waals surface area contributed by atoms with Crippen molar-refractivity contribution in [3.8, 4) is 35.4 Å². The van der Waals surface area contributed by atoms with Crippen LogP contribution in [0.1, 0.15) is 29.2 Å². The number of benzene rings is 2. The molecule has 0 spiro atoms. The number of pyridine rings is 2. The lowest BCUT2D eigenvalue weighted by Gasteiger charge is -2.05. The predicted octanol–water partition coefficient (Wildman–Crippen LogP) is 6.21. The van der Waals surface area contributed by atoms with E-state index in [-0.39, 0.29) is 34.4 Å². The third-order valence-electron chi connectivity index (χ3n) is 4.99. The van der Waals surface area contributed by atoms with Gasteiger partial charge in [-0.1, -0.05) is 19.1 Å². The van der Waals surface area contributed by atoms with Crippen molar-refractivity contribution in [2.75, 3.05) is 0 Å². The van der Waals surface area contributed by atoms with Gasteiger partial charge in [0.25, 0.3) is 0 Å². The number of nitrogens with zero attached hydrogens (tertiary/aromatic N) is 4. The Balaban J connectivity index is 0.000000226. The molecule has 10 nitrogen and oxygen atoms in total. The molecule has 41 heavy (non-hydrogen) atoms. The SMILES string of the molecule is CCc1ccc(OC(=O)Oc2ccc(C#N)c(F)c2)nc1.Cc1ccc(OC(=O)Oc2ccc(C#N)c(F)c2)nc1. The average Bonchev–Trinajstić information content (AvgIpc) is 2.95. The van der Waals surface area contributed by atoms with Crippen LogP contribution in [0, 0.1) is 41.2 Å². The van der Waals surface area contributed by atoms with Gasteiger partial charge in [0.05, 0.1) is 11.1 Å². The van der Waals surface area contributed by atoms with Crippen molar-refractivity contribution in [3.63, 3.8) is 0 Å². The summed E-state index contributed by atoms with van der Waals surface area (Å²) < 4.78 is 45.9. The summed E-state index contributed by atoms with van der Waals surface area (Å²) in [6, 6.07) is 16.8. The molecule has 4 rings (SSSR count). The first-order valence-corrected chi connectivity index (χ1v) is 11.8. The van der Waals surface area contributed by atoms with E-state index in [1.54, 1.807) is 36.5 Å². The zero-order chi connectivity index (χ0) is 29.8. The number of aryl methyl sites for hydroxylation is 2. The molecule has 2 aromatic carbocycles. The van der Waals surface area contributed by atoms with Gasteiger partial charge in [0.1, 0.15) is 35.3 Å². The number of ether oxygens (including phenoxy) is 4. The number of carbonyl (C=O) groups is 2. The Morgan fingerprint density at radius 1 is 0.732 bits per heavy atom. The lowest BCUT2D eigenvalue weighted by atomic mass is 10.2. The molecule has 12 heteroatoms. The van der Waals surface area contributed by atoms with E-state index >= 15 is 0 Å². The Morgan fingerprint density at radius 3 is 1.59 bits per heavy atom. The summed E-state index contributed by atoms with van der Waals surface area (Å²) in [6.07, 6.45) is 1.87. The first-order valence-electron chi connectivity index (χ1n) is 11.8. The van der Waals surface area contributed by atoms with Crippen LogP contribution < -0.4 is 18.9 Å². The van der Waals surface area contributed by atoms with Crippen LogP contribution in [0.2, 0.25) is 0 Å². The normalized spacial score (nSPS) is 9.71. The van der Waals surface area contributed by atoms with Crippen molar-refractivity contribution in [1.82, 2.24) is 9.97 Å². The van der Waals surface area contributed by atoms with E-state index in [9.17, 15) is 18.4 Å². The first kappa shape index (κ1) is 29.7. The molecule has 0 amide bonds. The standard InChI is InChI=1S/C15H11FN2O3.C14H9FN2O3/c1-2-10-3-6-14(18-9-10)21-15(19)20-12-5-4-11(8-17)13(16)7-12;1-9-2-5-13(17-8-9)20-14(18)19-11-4-3-10(7-16)12(15)6-11/h3-7,9H,2H2,1H3;2-6,8H,1H3. The van der Waals surface area contributed by atoms with E-state index in [4.69, 9.17) is 29.5 Å². The van der Waals surface area contributed by atoms with Crippen LogP contribution in [0.25, 0.3) is 0 Å². The third kappa shape index (κ3) is 9.12. The third-order valence-corrected chi connectivity index (χ3v) is 4.99. The molecule has 0 saturated heterocycles. The Morgan fingerprint density at radius 2 is 1.22 bits per heavy atom. The fraction of sp³-hybridized carbons (Fsp3) is 0.103. The molecule has 0 fully saturated rings. The first-order chi connectivity index (χ1) is 19.7. The molecule has 0 radical (unpaired) electrons. The number of halogens is 2. The van der Waals surface area contributed by atoms with Crippen molar-refractivity contribution in [2.45, 2.75) is 20.3 Å². The van der Waals surface area contributed by atoms with E-state index in [1.165, 1.54) is 36.5 Å². The highest BCUT2D eigenvalue weighted by Crippen LogP contribution is 2.18. The summed E-state index contributed by atoms with van der Waals surface area (Å²) >= 11 is 0. The second-order valence-corrected chi connectivity index (χ2v) is 7.95. The van der Waals surface area contributed by atoms with Crippen LogP contribution in [-0.4, -0.2) is 22.3 Å². The van der Waals surface area contributed by atoms with Crippen LogP contribution in [0.4, 0.5) is 18.4 Å². The van der Waals surface area contributed by atoms with Crippen molar-refractivity contribution >= 4 is 12.3 Å². The van der Waals surface area contributed by atoms with Gasteiger partial charge in [0, 0.05) is 36.7 Å². The maximum atomic E-state index is 13.3. The van der Waals surface area contributed by atoms with E-state index in [1.807, 2.05) is 13.8 Å². The highest BCUT2D eigenvalue weighted by Gasteiger charge is 2.12. The monoisotopic (exact) mass is 558 g/mol.